The van der Waals surface area contributed by atoms with Crippen molar-refractivity contribution in [2.45, 2.75) is 20.0 Å². The highest BCUT2D eigenvalue weighted by molar-refractivity contribution is 6.42. The van der Waals surface area contributed by atoms with Crippen molar-refractivity contribution in [1.82, 2.24) is 4.98 Å². The number of carbonyl (C=O) groups is 3. The van der Waals surface area contributed by atoms with Crippen molar-refractivity contribution in [2.75, 3.05) is 5.32 Å². The highest BCUT2D eigenvalue weighted by Gasteiger charge is 2.18. The number of ether oxygens (including phenoxy) is 2. The van der Waals surface area contributed by atoms with Crippen molar-refractivity contribution in [3.63, 3.8) is 0 Å². The Morgan fingerprint density at radius 3 is 2.33 bits per heavy atom. The van der Waals surface area contributed by atoms with Crippen LogP contribution in [-0.4, -0.2) is 22.8 Å². The molecule has 1 aromatic heterocycles. The van der Waals surface area contributed by atoms with E-state index in [9.17, 15) is 14.4 Å². The summed E-state index contributed by atoms with van der Waals surface area (Å²) in [5, 5.41) is 4.58. The normalized spacial score (nSPS) is 10.6. The zero-order valence-electron chi connectivity index (χ0n) is 19.1. The van der Waals surface area contributed by atoms with Crippen molar-refractivity contribution < 1.29 is 23.9 Å². The van der Waals surface area contributed by atoms with Gasteiger partial charge in [0.05, 0.1) is 16.2 Å². The third kappa shape index (κ3) is 5.82. The molecule has 0 atom stereocenters. The number of hydrogen-bond acceptors (Lipinski definition) is 6. The van der Waals surface area contributed by atoms with E-state index in [4.69, 9.17) is 32.7 Å². The first kappa shape index (κ1) is 25.2. The molecule has 4 aromatic rings. The third-order valence-corrected chi connectivity index (χ3v) is 5.97. The predicted octanol–water partition coefficient (Wildman–Crippen LogP) is 6.84. The summed E-state index contributed by atoms with van der Waals surface area (Å²) in [4.78, 5) is 41.4. The van der Waals surface area contributed by atoms with Gasteiger partial charge in [0.25, 0.3) is 0 Å². The molecule has 0 saturated carbocycles. The van der Waals surface area contributed by atoms with E-state index in [0.717, 1.165) is 0 Å². The van der Waals surface area contributed by atoms with Crippen LogP contribution >= 0.6 is 23.2 Å². The first-order chi connectivity index (χ1) is 17.4. The highest BCUT2D eigenvalue weighted by Crippen LogP contribution is 2.29. The Morgan fingerprint density at radius 2 is 1.64 bits per heavy atom. The minimum absolute atomic E-state index is 0.0155. The second-order valence-corrected chi connectivity index (χ2v) is 8.51. The van der Waals surface area contributed by atoms with Crippen LogP contribution in [0.15, 0.2) is 72.9 Å². The Bertz CT molecular complexity index is 1450. The summed E-state index contributed by atoms with van der Waals surface area (Å²) in [6.45, 7) is 1.71. The van der Waals surface area contributed by atoms with Crippen LogP contribution in [0.2, 0.25) is 10.0 Å². The fourth-order valence-electron chi connectivity index (χ4n) is 3.40. The van der Waals surface area contributed by atoms with E-state index in [1.54, 1.807) is 73.7 Å². The number of halogens is 2. The number of benzene rings is 3. The second kappa shape index (κ2) is 11.2. The Labute approximate surface area is 217 Å². The molecule has 3 aromatic carbocycles. The summed E-state index contributed by atoms with van der Waals surface area (Å²) < 4.78 is 10.6. The Morgan fingerprint density at radius 1 is 0.917 bits per heavy atom. The number of fused-ring (bicyclic) bond motifs is 1. The first-order valence-corrected chi connectivity index (χ1v) is 11.7. The van der Waals surface area contributed by atoms with Crippen LogP contribution in [0.1, 0.15) is 35.0 Å². The quantitative estimate of drug-likeness (QED) is 0.211. The van der Waals surface area contributed by atoms with Gasteiger partial charge < -0.3 is 9.47 Å². The maximum atomic E-state index is 13.2. The fraction of sp³-hybridized carbons (Fsp3) is 0.111. The van der Waals surface area contributed by atoms with E-state index in [1.165, 1.54) is 6.20 Å². The van der Waals surface area contributed by atoms with Gasteiger partial charge in [0.15, 0.2) is 5.75 Å². The van der Waals surface area contributed by atoms with Gasteiger partial charge in [-0.15, -0.1) is 0 Å². The van der Waals surface area contributed by atoms with E-state index in [1.807, 2.05) is 0 Å². The molecule has 1 N–H and O–H groups in total. The van der Waals surface area contributed by atoms with Crippen molar-refractivity contribution >= 4 is 57.5 Å². The molecule has 182 valence electrons. The van der Waals surface area contributed by atoms with Gasteiger partial charge in [0.1, 0.15) is 12.3 Å². The standard InChI is InChI=1S/C27H20Cl2N2O5/c1-2-24(32)36-23-14-30-25(20-6-4-3-5-19(20)23)26(33)17-8-10-18(11-9-17)31-27(34)35-15-16-7-12-21(28)22(29)13-16/h3-14H,2,15H2,1H3,(H,31,34). The van der Waals surface area contributed by atoms with Crippen molar-refractivity contribution in [3.05, 3.63) is 99.8 Å². The molecule has 36 heavy (non-hydrogen) atoms. The summed E-state index contributed by atoms with van der Waals surface area (Å²) in [6, 6.07) is 18.4. The highest BCUT2D eigenvalue weighted by atomic mass is 35.5. The van der Waals surface area contributed by atoms with Gasteiger partial charge in [-0.1, -0.05) is 60.5 Å². The summed E-state index contributed by atoms with van der Waals surface area (Å²) in [5.74, 6) is -0.402. The maximum Gasteiger partial charge on any atom is 0.411 e. The van der Waals surface area contributed by atoms with Crippen LogP contribution in [0.4, 0.5) is 10.5 Å². The number of hydrogen-bond donors (Lipinski definition) is 1. The van der Waals surface area contributed by atoms with Gasteiger partial charge in [-0.05, 0) is 42.0 Å². The molecular weight excluding hydrogens is 503 g/mol. The third-order valence-electron chi connectivity index (χ3n) is 5.23. The number of aromatic nitrogens is 1. The van der Waals surface area contributed by atoms with Crippen LogP contribution in [0.25, 0.3) is 10.8 Å². The lowest BCUT2D eigenvalue weighted by Crippen LogP contribution is -2.14. The summed E-state index contributed by atoms with van der Waals surface area (Å²) in [5.41, 5.74) is 1.74. The van der Waals surface area contributed by atoms with Crippen LogP contribution in [0, 0.1) is 0 Å². The number of nitrogens with one attached hydrogen (secondary N) is 1. The molecule has 0 aliphatic heterocycles. The van der Waals surface area contributed by atoms with E-state index in [2.05, 4.69) is 10.3 Å². The number of amides is 1. The van der Waals surface area contributed by atoms with E-state index < -0.39 is 6.09 Å². The van der Waals surface area contributed by atoms with E-state index in [-0.39, 0.29) is 30.5 Å². The van der Waals surface area contributed by atoms with E-state index in [0.29, 0.717) is 43.4 Å². The van der Waals surface area contributed by atoms with Gasteiger partial charge in [-0.2, -0.15) is 0 Å². The zero-order valence-corrected chi connectivity index (χ0v) is 20.6. The monoisotopic (exact) mass is 522 g/mol. The average molecular weight is 523 g/mol. The van der Waals surface area contributed by atoms with Gasteiger partial charge in [0.2, 0.25) is 5.78 Å². The molecular formula is C27H20Cl2N2O5. The molecule has 7 nitrogen and oxygen atoms in total. The molecule has 0 bridgehead atoms. The van der Waals surface area contributed by atoms with Gasteiger partial charge in [-0.3, -0.25) is 14.9 Å². The number of nitrogens with zero attached hydrogens (tertiary/aromatic N) is 1. The number of rotatable bonds is 7. The number of anilines is 1. The van der Waals surface area contributed by atoms with Crippen LogP contribution in [-0.2, 0) is 16.1 Å². The topological polar surface area (TPSA) is 94.6 Å². The minimum Gasteiger partial charge on any atom is -0.444 e. The molecule has 0 fully saturated rings. The van der Waals surface area contributed by atoms with Crippen molar-refractivity contribution in [3.8, 4) is 5.75 Å². The molecule has 9 heteroatoms. The molecule has 1 amide bonds. The first-order valence-electron chi connectivity index (χ1n) is 11.0. The van der Waals surface area contributed by atoms with Crippen molar-refractivity contribution in [2.24, 2.45) is 0 Å². The van der Waals surface area contributed by atoms with E-state index >= 15 is 0 Å². The largest absolute Gasteiger partial charge is 0.444 e. The molecule has 0 spiro atoms. The van der Waals surface area contributed by atoms with Crippen LogP contribution in [0.5, 0.6) is 5.75 Å². The Kier molecular flexibility index (Phi) is 7.83. The van der Waals surface area contributed by atoms with Gasteiger partial charge >= 0.3 is 12.1 Å². The lowest BCUT2D eigenvalue weighted by molar-refractivity contribution is -0.133. The summed E-state index contributed by atoms with van der Waals surface area (Å²) >= 11 is 11.9. The summed E-state index contributed by atoms with van der Waals surface area (Å²) in [7, 11) is 0. The van der Waals surface area contributed by atoms with Crippen molar-refractivity contribution in [1.29, 1.82) is 0 Å². The molecule has 0 aliphatic rings. The van der Waals surface area contributed by atoms with Gasteiger partial charge in [-0.25, -0.2) is 9.78 Å². The smallest absolute Gasteiger partial charge is 0.411 e. The minimum atomic E-state index is -0.662. The zero-order chi connectivity index (χ0) is 25.7. The summed E-state index contributed by atoms with van der Waals surface area (Å²) in [6.07, 6.45) is 0.937. The maximum absolute atomic E-state index is 13.2. The molecule has 0 aliphatic carbocycles. The lowest BCUT2D eigenvalue weighted by Gasteiger charge is -2.11. The fourth-order valence-corrected chi connectivity index (χ4v) is 3.72. The molecule has 1 heterocycles. The number of ketones is 1. The van der Waals surface area contributed by atoms with Crippen LogP contribution < -0.4 is 10.1 Å². The van der Waals surface area contributed by atoms with Crippen LogP contribution in [0.3, 0.4) is 0 Å². The lowest BCUT2D eigenvalue weighted by atomic mass is 10.0. The number of carbonyl (C=O) groups excluding carboxylic acids is 3. The average Bonchev–Trinajstić information content (AvgIpc) is 2.89. The number of esters is 1. The number of pyridine rings is 1. The molecule has 0 unspecified atom stereocenters. The molecule has 4 rings (SSSR count). The molecule has 0 radical (unpaired) electrons. The Balaban J connectivity index is 1.45. The second-order valence-electron chi connectivity index (χ2n) is 7.70. The molecule has 0 saturated heterocycles. The predicted molar refractivity (Wildman–Crippen MR) is 138 cm³/mol. The Hall–Kier alpha value is -3.94. The van der Waals surface area contributed by atoms with Gasteiger partial charge in [0, 0.05) is 28.4 Å². The SMILES string of the molecule is CCC(=O)Oc1cnc(C(=O)c2ccc(NC(=O)OCc3ccc(Cl)c(Cl)c3)cc2)c2ccccc12.